The number of para-hydroxylation sites is 1. The fourth-order valence-corrected chi connectivity index (χ4v) is 6.27. The minimum Gasteiger partial charge on any atom is -0.488 e. The summed E-state index contributed by atoms with van der Waals surface area (Å²) in [5.41, 5.74) is 2.55. The van der Waals surface area contributed by atoms with Crippen LogP contribution in [0.1, 0.15) is 43.7 Å². The van der Waals surface area contributed by atoms with Gasteiger partial charge in [-0.1, -0.05) is 73.3 Å². The lowest BCUT2D eigenvalue weighted by atomic mass is 9.85. The lowest BCUT2D eigenvalue weighted by molar-refractivity contribution is -0.124. The van der Waals surface area contributed by atoms with Gasteiger partial charge in [-0.15, -0.1) is 0 Å². The Labute approximate surface area is 232 Å². The molecule has 1 saturated heterocycles. The number of hydrogen-bond donors (Lipinski definition) is 0. The van der Waals surface area contributed by atoms with Crippen molar-refractivity contribution in [2.45, 2.75) is 45.3 Å². The highest BCUT2D eigenvalue weighted by Gasteiger charge is 2.41. The average molecular weight is 552 g/mol. The third kappa shape index (κ3) is 6.23. The van der Waals surface area contributed by atoms with Gasteiger partial charge >= 0.3 is 0 Å². The zero-order valence-electron chi connectivity index (χ0n) is 20.6. The van der Waals surface area contributed by atoms with Crippen LogP contribution in [0.25, 0.3) is 6.08 Å². The largest absolute Gasteiger partial charge is 0.488 e. The van der Waals surface area contributed by atoms with E-state index in [4.69, 9.17) is 32.9 Å². The number of amides is 1. The molecule has 1 aliphatic carbocycles. The van der Waals surface area contributed by atoms with E-state index in [0.29, 0.717) is 33.2 Å². The minimum atomic E-state index is -0.0146. The molecular formula is C30H28Cl2N2O2S. The highest BCUT2D eigenvalue weighted by molar-refractivity contribution is 8.18. The van der Waals surface area contributed by atoms with Crippen molar-refractivity contribution in [2.75, 3.05) is 0 Å². The predicted molar refractivity (Wildman–Crippen MR) is 155 cm³/mol. The number of thioether (sulfide) groups is 1. The van der Waals surface area contributed by atoms with Gasteiger partial charge in [0.15, 0.2) is 5.17 Å². The standard InChI is InChI=1S/C30H28Cl2N2O2S/c1-20-8-5-6-13-26(20)34-29(35)28(37-30(34)33-25-11-3-2-4-12-25)18-22-17-24(32)14-15-27(22)36-19-21-9-7-10-23(31)16-21/h2-4,7,9-12,14-18,20,26H,5-6,8,13,19H2,1H3/b28-18-,33-30?/t20-,26-/m0/s1. The molecule has 2 atom stereocenters. The Balaban J connectivity index is 1.47. The van der Waals surface area contributed by atoms with E-state index < -0.39 is 0 Å². The van der Waals surface area contributed by atoms with E-state index >= 15 is 0 Å². The Morgan fingerprint density at radius 2 is 1.78 bits per heavy atom. The summed E-state index contributed by atoms with van der Waals surface area (Å²) in [6.07, 6.45) is 6.31. The molecule has 1 aliphatic heterocycles. The number of rotatable bonds is 6. The van der Waals surface area contributed by atoms with Gasteiger partial charge in [0, 0.05) is 21.7 Å². The number of carbonyl (C=O) groups excluding carboxylic acids is 1. The fraction of sp³-hybridized carbons (Fsp3) is 0.267. The Morgan fingerprint density at radius 1 is 1.00 bits per heavy atom. The second-order valence-electron chi connectivity index (χ2n) is 9.45. The van der Waals surface area contributed by atoms with Gasteiger partial charge in [-0.25, -0.2) is 4.99 Å². The summed E-state index contributed by atoms with van der Waals surface area (Å²) in [6, 6.07) is 23.0. The molecule has 7 heteroatoms. The van der Waals surface area contributed by atoms with Crippen molar-refractivity contribution in [2.24, 2.45) is 10.9 Å². The topological polar surface area (TPSA) is 41.9 Å². The molecule has 1 amide bonds. The SMILES string of the molecule is C[C@H]1CCCC[C@@H]1N1C(=O)/C(=C/c2cc(Cl)ccc2OCc2cccc(Cl)c2)SC1=Nc1ccccc1. The Morgan fingerprint density at radius 3 is 2.57 bits per heavy atom. The number of halogens is 2. The maximum absolute atomic E-state index is 13.8. The molecule has 1 saturated carbocycles. The van der Waals surface area contributed by atoms with Crippen molar-refractivity contribution in [1.29, 1.82) is 0 Å². The summed E-state index contributed by atoms with van der Waals surface area (Å²) in [7, 11) is 0. The van der Waals surface area contributed by atoms with Crippen LogP contribution in [0.2, 0.25) is 10.0 Å². The molecule has 2 aliphatic rings. The number of hydrogen-bond acceptors (Lipinski definition) is 4. The van der Waals surface area contributed by atoms with E-state index in [9.17, 15) is 4.79 Å². The monoisotopic (exact) mass is 550 g/mol. The van der Waals surface area contributed by atoms with Crippen molar-refractivity contribution >= 4 is 57.8 Å². The molecule has 0 aromatic heterocycles. The molecule has 4 nitrogen and oxygen atoms in total. The molecule has 0 bridgehead atoms. The van der Waals surface area contributed by atoms with E-state index in [1.165, 1.54) is 18.2 Å². The predicted octanol–water partition coefficient (Wildman–Crippen LogP) is 8.76. The van der Waals surface area contributed by atoms with E-state index in [1.54, 1.807) is 6.07 Å². The van der Waals surface area contributed by atoms with Crippen LogP contribution in [-0.4, -0.2) is 22.0 Å². The third-order valence-electron chi connectivity index (χ3n) is 6.76. The second-order valence-corrected chi connectivity index (χ2v) is 11.3. The number of carbonyl (C=O) groups is 1. The molecule has 0 unspecified atom stereocenters. The van der Waals surface area contributed by atoms with Crippen LogP contribution < -0.4 is 4.74 Å². The molecule has 1 heterocycles. The van der Waals surface area contributed by atoms with Gasteiger partial charge in [0.1, 0.15) is 12.4 Å². The maximum atomic E-state index is 13.8. The van der Waals surface area contributed by atoms with Gasteiger partial charge in [0.2, 0.25) is 0 Å². The van der Waals surface area contributed by atoms with Crippen LogP contribution in [0, 0.1) is 5.92 Å². The molecule has 0 radical (unpaired) electrons. The first kappa shape index (κ1) is 25.9. The molecule has 5 rings (SSSR count). The molecule has 3 aromatic rings. The molecule has 0 N–H and O–H groups in total. The summed E-state index contributed by atoms with van der Waals surface area (Å²) in [5.74, 6) is 1.05. The Bertz CT molecular complexity index is 1340. The van der Waals surface area contributed by atoms with Crippen LogP contribution in [-0.2, 0) is 11.4 Å². The zero-order valence-corrected chi connectivity index (χ0v) is 22.9. The lowest BCUT2D eigenvalue weighted by Crippen LogP contribution is -2.44. The number of amidine groups is 1. The van der Waals surface area contributed by atoms with Crippen LogP contribution >= 0.6 is 35.0 Å². The van der Waals surface area contributed by atoms with Gasteiger partial charge in [0.05, 0.1) is 10.6 Å². The molecule has 2 fully saturated rings. The van der Waals surface area contributed by atoms with Crippen LogP contribution in [0.5, 0.6) is 5.75 Å². The number of ether oxygens (including phenoxy) is 1. The smallest absolute Gasteiger partial charge is 0.267 e. The highest BCUT2D eigenvalue weighted by Crippen LogP contribution is 2.41. The summed E-state index contributed by atoms with van der Waals surface area (Å²) < 4.78 is 6.14. The number of nitrogens with zero attached hydrogens (tertiary/aromatic N) is 2. The van der Waals surface area contributed by atoms with Crippen molar-refractivity contribution in [3.63, 3.8) is 0 Å². The van der Waals surface area contributed by atoms with Gasteiger partial charge in [-0.05, 0) is 84.6 Å². The van der Waals surface area contributed by atoms with Crippen LogP contribution in [0.15, 0.2) is 82.7 Å². The molecular weight excluding hydrogens is 523 g/mol. The first-order valence-electron chi connectivity index (χ1n) is 12.5. The maximum Gasteiger partial charge on any atom is 0.267 e. The summed E-state index contributed by atoms with van der Waals surface area (Å²) in [4.78, 5) is 21.3. The van der Waals surface area contributed by atoms with Crippen LogP contribution in [0.4, 0.5) is 5.69 Å². The lowest BCUT2D eigenvalue weighted by Gasteiger charge is -2.35. The second kappa shape index (κ2) is 11.8. The molecule has 0 spiro atoms. The average Bonchev–Trinajstić information content (AvgIpc) is 3.18. The van der Waals surface area contributed by atoms with E-state index in [-0.39, 0.29) is 11.9 Å². The van der Waals surface area contributed by atoms with Gasteiger partial charge in [0.25, 0.3) is 5.91 Å². The first-order chi connectivity index (χ1) is 18.0. The van der Waals surface area contributed by atoms with E-state index in [1.807, 2.05) is 77.7 Å². The summed E-state index contributed by atoms with van der Waals surface area (Å²) >= 11 is 13.9. The van der Waals surface area contributed by atoms with Crippen molar-refractivity contribution < 1.29 is 9.53 Å². The summed E-state index contributed by atoms with van der Waals surface area (Å²) in [5, 5.41) is 1.97. The molecule has 190 valence electrons. The first-order valence-corrected chi connectivity index (χ1v) is 14.1. The Kier molecular flexibility index (Phi) is 8.23. The van der Waals surface area contributed by atoms with Crippen molar-refractivity contribution in [3.05, 3.63) is 98.9 Å². The van der Waals surface area contributed by atoms with Crippen LogP contribution in [0.3, 0.4) is 0 Å². The normalized spacial score (nSPS) is 22.1. The fourth-order valence-electron chi connectivity index (χ4n) is 4.84. The third-order valence-corrected chi connectivity index (χ3v) is 8.21. The van der Waals surface area contributed by atoms with Crippen molar-refractivity contribution in [1.82, 2.24) is 4.90 Å². The van der Waals surface area contributed by atoms with E-state index in [0.717, 1.165) is 41.2 Å². The van der Waals surface area contributed by atoms with Gasteiger partial charge in [-0.2, -0.15) is 0 Å². The number of aliphatic imine (C=N–C) groups is 1. The summed E-state index contributed by atoms with van der Waals surface area (Å²) in [6.45, 7) is 2.59. The van der Waals surface area contributed by atoms with E-state index in [2.05, 4.69) is 6.92 Å². The minimum absolute atomic E-state index is 0.0146. The zero-order chi connectivity index (χ0) is 25.8. The van der Waals surface area contributed by atoms with Crippen molar-refractivity contribution in [3.8, 4) is 5.75 Å². The molecule has 37 heavy (non-hydrogen) atoms. The number of benzene rings is 3. The Hall–Kier alpha value is -2.73. The molecule has 3 aromatic carbocycles. The van der Waals surface area contributed by atoms with Gasteiger partial charge in [-0.3, -0.25) is 9.69 Å². The quantitative estimate of drug-likeness (QED) is 0.288. The van der Waals surface area contributed by atoms with Gasteiger partial charge < -0.3 is 4.74 Å². The highest BCUT2D eigenvalue weighted by atomic mass is 35.5.